The van der Waals surface area contributed by atoms with Crippen molar-refractivity contribution in [3.05, 3.63) is 46.4 Å². The molecule has 2 heterocycles. The first-order chi connectivity index (χ1) is 16.9. The molecule has 194 valence electrons. The van der Waals surface area contributed by atoms with E-state index in [0.29, 0.717) is 23.3 Å². The number of nitrogens with one attached hydrogen (secondary N) is 1. The first-order valence-electron chi connectivity index (χ1n) is 12.4. The van der Waals surface area contributed by atoms with Crippen LogP contribution in [0.25, 0.3) is 16.0 Å². The number of rotatable bonds is 8. The zero-order chi connectivity index (χ0) is 26.3. The number of anilines is 1. The minimum atomic E-state index is -0.661. The molecule has 7 nitrogen and oxygen atoms in total. The second-order valence-electron chi connectivity index (χ2n) is 10.9. The maximum absolute atomic E-state index is 12.1. The van der Waals surface area contributed by atoms with Crippen molar-refractivity contribution in [1.82, 2.24) is 4.98 Å². The lowest BCUT2D eigenvalue weighted by molar-refractivity contribution is 0.0663. The van der Waals surface area contributed by atoms with Gasteiger partial charge < -0.3 is 19.5 Å². The molecule has 36 heavy (non-hydrogen) atoms. The van der Waals surface area contributed by atoms with E-state index in [1.54, 1.807) is 27.0 Å². The van der Waals surface area contributed by atoms with Crippen LogP contribution in [0.1, 0.15) is 54.4 Å². The monoisotopic (exact) mass is 514 g/mol. The van der Waals surface area contributed by atoms with Gasteiger partial charge in [0.25, 0.3) is 0 Å². The third kappa shape index (κ3) is 8.69. The molecule has 2 atom stereocenters. The smallest absolute Gasteiger partial charge is 0.490 e. The summed E-state index contributed by atoms with van der Waals surface area (Å²) in [5.74, 6) is 1.72. The van der Waals surface area contributed by atoms with E-state index < -0.39 is 17.1 Å². The van der Waals surface area contributed by atoms with Gasteiger partial charge in [0.15, 0.2) is 0 Å². The van der Waals surface area contributed by atoms with Gasteiger partial charge in [0.05, 0.1) is 22.5 Å². The minimum Gasteiger partial charge on any atom is -0.490 e. The Morgan fingerprint density at radius 3 is 2.64 bits per heavy atom. The van der Waals surface area contributed by atoms with Gasteiger partial charge >= 0.3 is 12.2 Å². The average molecular weight is 515 g/mol. The van der Waals surface area contributed by atoms with Crippen molar-refractivity contribution in [3.8, 4) is 22.9 Å². The Morgan fingerprint density at radius 1 is 1.25 bits per heavy atom. The van der Waals surface area contributed by atoms with E-state index in [4.69, 9.17) is 25.8 Å². The van der Waals surface area contributed by atoms with Crippen molar-refractivity contribution in [2.24, 2.45) is 11.3 Å². The highest BCUT2D eigenvalue weighted by Gasteiger charge is 2.33. The lowest BCUT2D eigenvalue weighted by atomic mass is 9.84. The summed E-state index contributed by atoms with van der Waals surface area (Å²) in [6.07, 6.45) is 2.82. The first-order valence-corrected chi connectivity index (χ1v) is 12.7. The molecule has 0 saturated carbocycles. The van der Waals surface area contributed by atoms with Crippen molar-refractivity contribution in [2.45, 2.75) is 66.0 Å². The Labute approximate surface area is 219 Å². The van der Waals surface area contributed by atoms with Gasteiger partial charge in [0.1, 0.15) is 29.2 Å². The minimum absolute atomic E-state index is 0.267. The van der Waals surface area contributed by atoms with Crippen molar-refractivity contribution >= 4 is 23.5 Å². The Hall–Kier alpha value is -2.82. The molecule has 0 aliphatic carbocycles. The predicted octanol–water partition coefficient (Wildman–Crippen LogP) is 7.30. The molecule has 0 bridgehead atoms. The van der Waals surface area contributed by atoms with Crippen LogP contribution in [0, 0.1) is 17.4 Å². The summed E-state index contributed by atoms with van der Waals surface area (Å²) < 4.78 is 16.8. The molecule has 1 unspecified atom stereocenters. The first kappa shape index (κ1) is 27.8. The molecule has 1 aliphatic rings. The van der Waals surface area contributed by atoms with Crippen LogP contribution in [0.15, 0.2) is 36.5 Å². The van der Waals surface area contributed by atoms with Gasteiger partial charge in [-0.15, -0.1) is 0 Å². The van der Waals surface area contributed by atoms with Crippen molar-refractivity contribution in [1.29, 1.82) is 0 Å². The van der Waals surface area contributed by atoms with Gasteiger partial charge in [-0.05, 0) is 81.8 Å². The molecule has 1 aliphatic heterocycles. The van der Waals surface area contributed by atoms with Crippen molar-refractivity contribution in [3.63, 3.8) is 0 Å². The highest BCUT2D eigenvalue weighted by atomic mass is 35.5. The van der Waals surface area contributed by atoms with E-state index in [1.807, 2.05) is 37.3 Å². The molecule has 1 amide bonds. The summed E-state index contributed by atoms with van der Waals surface area (Å²) in [7, 11) is 0. The molecular weight excluding hydrogens is 478 g/mol. The Kier molecular flexibility index (Phi) is 9.21. The number of carbonyl (C=O) groups excluding carboxylic acids is 1. The predicted molar refractivity (Wildman–Crippen MR) is 144 cm³/mol. The number of carbonyl (C=O) groups is 1. The average Bonchev–Trinajstić information content (AvgIpc) is 3.29. The molecule has 1 saturated heterocycles. The zero-order valence-corrected chi connectivity index (χ0v) is 22.8. The molecule has 3 rings (SSSR count). The lowest BCUT2D eigenvalue weighted by Crippen LogP contribution is -2.26. The van der Waals surface area contributed by atoms with E-state index >= 15 is 0 Å². The number of halogens is 1. The van der Waals surface area contributed by atoms with Crippen LogP contribution in [0.4, 0.5) is 10.6 Å². The fourth-order valence-corrected chi connectivity index (χ4v) is 4.32. The van der Waals surface area contributed by atoms with Crippen molar-refractivity contribution in [2.75, 3.05) is 25.1 Å². The van der Waals surface area contributed by atoms with E-state index in [9.17, 15) is 4.79 Å². The second-order valence-corrected chi connectivity index (χ2v) is 11.3. The molecule has 8 heteroatoms. The summed E-state index contributed by atoms with van der Waals surface area (Å²) in [5, 5.41) is 3.92. The van der Waals surface area contributed by atoms with Gasteiger partial charge in [-0.2, -0.15) is 4.79 Å². The normalized spacial score (nSPS) is 17.2. The fourth-order valence-electron chi connectivity index (χ4n) is 4.08. The summed E-state index contributed by atoms with van der Waals surface area (Å²) >= 11 is 6.60. The topological polar surface area (TPSA) is 74.0 Å². The van der Waals surface area contributed by atoms with Gasteiger partial charge in [-0.25, -0.2) is 4.98 Å². The summed E-state index contributed by atoms with van der Waals surface area (Å²) in [6, 6.07) is 12.9. The maximum atomic E-state index is 12.1. The van der Waals surface area contributed by atoms with Gasteiger partial charge in [-0.1, -0.05) is 31.5 Å². The van der Waals surface area contributed by atoms with E-state index in [1.165, 1.54) is 0 Å². The van der Waals surface area contributed by atoms with E-state index in [2.05, 4.69) is 35.1 Å². The van der Waals surface area contributed by atoms with Crippen LogP contribution < -0.4 is 10.1 Å². The summed E-state index contributed by atoms with van der Waals surface area (Å²) in [4.78, 5) is 20.4. The Balaban J connectivity index is 1.71. The quantitative estimate of drug-likeness (QED) is 0.398. The third-order valence-electron chi connectivity index (χ3n) is 5.52. The standard InChI is InChI=1S/C28H37ClN3O4/c1-19(2)15-28(6,17-31-26(33)36-27(3,4)5)18-35-24-8-7-20(13-23(24)29)21-9-11-30-25(14-21)32-22-10-12-34-16-22/h7-9,11,13-14,19,22H,10,12,15-16,18H2,1-6H3,(H,30,32)/q+1/t22?,28-/m1/s1. The largest absolute Gasteiger partial charge is 0.728 e. The number of nitrogens with zero attached hydrogens (tertiary/aromatic N) is 2. The molecule has 1 fully saturated rings. The highest BCUT2D eigenvalue weighted by molar-refractivity contribution is 6.32. The van der Waals surface area contributed by atoms with E-state index in [-0.39, 0.29) is 12.6 Å². The molecule has 0 spiro atoms. The van der Waals surface area contributed by atoms with Gasteiger partial charge in [0.2, 0.25) is 0 Å². The summed E-state index contributed by atoms with van der Waals surface area (Å²) in [6.45, 7) is 13.3. The van der Waals surface area contributed by atoms with Crippen LogP contribution in [0.3, 0.4) is 0 Å². The number of aromatic nitrogens is 1. The number of benzene rings is 1. The SMILES string of the molecule is CC(C)C[C@](C)(C#[N+]C(=O)OC(C)(C)C)COc1ccc(-c2ccnc(NC3CCOC3)c2)cc1Cl. The van der Waals surface area contributed by atoms with Gasteiger partial charge in [0, 0.05) is 12.8 Å². The van der Waals surface area contributed by atoms with Gasteiger partial charge in [-0.3, -0.25) is 0 Å². The molecule has 1 N–H and O–H groups in total. The van der Waals surface area contributed by atoms with Crippen LogP contribution >= 0.6 is 11.6 Å². The van der Waals surface area contributed by atoms with Crippen LogP contribution in [-0.4, -0.2) is 42.5 Å². The third-order valence-corrected chi connectivity index (χ3v) is 5.82. The number of ether oxygens (including phenoxy) is 3. The second kappa shape index (κ2) is 11.9. The highest BCUT2D eigenvalue weighted by Crippen LogP contribution is 2.33. The van der Waals surface area contributed by atoms with Crippen LogP contribution in [-0.2, 0) is 9.47 Å². The summed E-state index contributed by atoms with van der Waals surface area (Å²) in [5.41, 5.74) is 0.757. The maximum Gasteiger partial charge on any atom is 0.728 e. The van der Waals surface area contributed by atoms with Crippen molar-refractivity contribution < 1.29 is 19.0 Å². The van der Waals surface area contributed by atoms with E-state index in [0.717, 1.165) is 36.4 Å². The van der Waals surface area contributed by atoms with Crippen LogP contribution in [0.5, 0.6) is 5.75 Å². The zero-order valence-electron chi connectivity index (χ0n) is 22.1. The fraction of sp³-hybridized carbons (Fsp3) is 0.536. The molecule has 1 aromatic heterocycles. The molecular formula is C28H37ClN3O4+. The Morgan fingerprint density at radius 2 is 2.00 bits per heavy atom. The molecule has 2 aromatic rings. The Bertz CT molecular complexity index is 1110. The molecule has 1 aromatic carbocycles. The number of amides is 1. The number of hydrogen-bond acceptors (Lipinski definition) is 6. The molecule has 0 radical (unpaired) electrons. The van der Waals surface area contributed by atoms with Crippen LogP contribution in [0.2, 0.25) is 5.02 Å². The number of pyridine rings is 1. The number of hydrogen-bond donors (Lipinski definition) is 1. The lowest BCUT2D eigenvalue weighted by Gasteiger charge is -2.21.